The number of ether oxygens (including phenoxy) is 1. The number of hydrogen-bond donors (Lipinski definition) is 0. The molecule has 0 heterocycles. The van der Waals surface area contributed by atoms with Crippen LogP contribution in [0.2, 0.25) is 0 Å². The molecule has 0 aromatic heterocycles. The summed E-state index contributed by atoms with van der Waals surface area (Å²) in [5.74, 6) is -0.555. The molecule has 0 bridgehead atoms. The smallest absolute Gasteiger partial charge is 0.305 e. The lowest BCUT2D eigenvalue weighted by molar-refractivity contribution is -0.143. The highest BCUT2D eigenvalue weighted by molar-refractivity contribution is 7.92. The minimum Gasteiger partial charge on any atom is -0.466 e. The average Bonchev–Trinajstić information content (AvgIpc) is 2.46. The van der Waals surface area contributed by atoms with Crippen LogP contribution in [0.5, 0.6) is 0 Å². The molecule has 0 amide bonds. The summed E-state index contributed by atoms with van der Waals surface area (Å²) in [5.41, 5.74) is 0.811. The van der Waals surface area contributed by atoms with Gasteiger partial charge in [-0.1, -0.05) is 6.07 Å². The Hall–Kier alpha value is -2.07. The summed E-state index contributed by atoms with van der Waals surface area (Å²) in [4.78, 5) is 11.2. The number of carbonyl (C=O) groups excluding carboxylic acids is 1. The lowest BCUT2D eigenvalue weighted by Crippen LogP contribution is -2.29. The van der Waals surface area contributed by atoms with Gasteiger partial charge in [-0.3, -0.25) is 9.10 Å². The monoisotopic (exact) mass is 310 g/mol. The van der Waals surface area contributed by atoms with Crippen molar-refractivity contribution in [2.45, 2.75) is 19.8 Å². The van der Waals surface area contributed by atoms with Crippen LogP contribution in [0.4, 0.5) is 5.69 Å². The fourth-order valence-electron chi connectivity index (χ4n) is 1.70. The number of carbonyl (C=O) groups is 1. The van der Waals surface area contributed by atoms with Gasteiger partial charge in [0.25, 0.3) is 0 Å². The highest BCUT2D eigenvalue weighted by atomic mass is 32.2. The maximum Gasteiger partial charge on any atom is 0.305 e. The lowest BCUT2D eigenvalue weighted by atomic mass is 10.2. The predicted molar refractivity (Wildman–Crippen MR) is 79.2 cm³/mol. The van der Waals surface area contributed by atoms with Crippen molar-refractivity contribution in [1.29, 1.82) is 5.26 Å². The van der Waals surface area contributed by atoms with Crippen molar-refractivity contribution in [3.63, 3.8) is 0 Å². The molecular formula is C14H18N2O4S. The summed E-state index contributed by atoms with van der Waals surface area (Å²) < 4.78 is 30.2. The van der Waals surface area contributed by atoms with Crippen LogP contribution < -0.4 is 4.31 Å². The van der Waals surface area contributed by atoms with Gasteiger partial charge in [0.05, 0.1) is 29.7 Å². The first-order valence-electron chi connectivity index (χ1n) is 6.53. The van der Waals surface area contributed by atoms with E-state index in [0.717, 1.165) is 4.31 Å². The standard InChI is InChI=1S/C14H18N2O4S/c1-3-20-14(17)8-5-9-21(18,19)16(2)13-7-4-6-12(10-13)11-15/h4,6-7,10H,3,5,8-9H2,1-2H3. The third-order valence-corrected chi connectivity index (χ3v) is 4.69. The van der Waals surface area contributed by atoms with Crippen molar-refractivity contribution in [1.82, 2.24) is 0 Å². The first kappa shape index (κ1) is 17.0. The number of rotatable bonds is 7. The molecule has 1 aromatic carbocycles. The zero-order valence-electron chi connectivity index (χ0n) is 12.1. The molecule has 21 heavy (non-hydrogen) atoms. The van der Waals surface area contributed by atoms with Crippen LogP contribution in [-0.4, -0.2) is 33.8 Å². The maximum absolute atomic E-state index is 12.2. The molecule has 0 unspecified atom stereocenters. The van der Waals surface area contributed by atoms with Crippen molar-refractivity contribution in [2.24, 2.45) is 0 Å². The summed E-state index contributed by atoms with van der Waals surface area (Å²) in [6.07, 6.45) is 0.266. The average molecular weight is 310 g/mol. The predicted octanol–water partition coefficient (Wildman–Crippen LogP) is 1.67. The van der Waals surface area contributed by atoms with E-state index in [1.165, 1.54) is 13.1 Å². The van der Waals surface area contributed by atoms with Gasteiger partial charge in [-0.05, 0) is 31.5 Å². The van der Waals surface area contributed by atoms with E-state index in [0.29, 0.717) is 11.3 Å². The maximum atomic E-state index is 12.2. The van der Waals surface area contributed by atoms with Gasteiger partial charge in [0, 0.05) is 13.5 Å². The van der Waals surface area contributed by atoms with Gasteiger partial charge < -0.3 is 4.74 Å². The highest BCUT2D eigenvalue weighted by Crippen LogP contribution is 2.18. The Bertz CT molecular complexity index is 635. The molecule has 1 rings (SSSR count). The van der Waals surface area contributed by atoms with E-state index in [4.69, 9.17) is 10.00 Å². The molecule has 0 aliphatic rings. The fraction of sp³-hybridized carbons (Fsp3) is 0.429. The number of anilines is 1. The van der Waals surface area contributed by atoms with E-state index in [1.54, 1.807) is 25.1 Å². The Labute approximate surface area is 125 Å². The van der Waals surface area contributed by atoms with Crippen molar-refractivity contribution in [3.05, 3.63) is 29.8 Å². The highest BCUT2D eigenvalue weighted by Gasteiger charge is 2.19. The summed E-state index contributed by atoms with van der Waals surface area (Å²) in [7, 11) is -2.11. The van der Waals surface area contributed by atoms with Crippen molar-refractivity contribution < 1.29 is 17.9 Å². The van der Waals surface area contributed by atoms with Gasteiger partial charge >= 0.3 is 5.97 Å². The minimum absolute atomic E-state index is 0.0686. The Morgan fingerprint density at radius 2 is 2.14 bits per heavy atom. The van der Waals surface area contributed by atoms with Gasteiger partial charge in [-0.2, -0.15) is 5.26 Å². The van der Waals surface area contributed by atoms with E-state index >= 15 is 0 Å². The largest absolute Gasteiger partial charge is 0.466 e. The van der Waals surface area contributed by atoms with E-state index in [2.05, 4.69) is 0 Å². The summed E-state index contributed by atoms with van der Waals surface area (Å²) in [5, 5.41) is 8.83. The molecule has 0 aliphatic carbocycles. The molecule has 0 aliphatic heterocycles. The first-order chi connectivity index (χ1) is 9.90. The Morgan fingerprint density at radius 1 is 1.43 bits per heavy atom. The van der Waals surface area contributed by atoms with Crippen LogP contribution in [0.1, 0.15) is 25.3 Å². The summed E-state index contributed by atoms with van der Waals surface area (Å²) >= 11 is 0. The number of nitriles is 1. The van der Waals surface area contributed by atoms with Gasteiger partial charge in [0.15, 0.2) is 0 Å². The Morgan fingerprint density at radius 3 is 2.76 bits per heavy atom. The molecule has 114 valence electrons. The Kier molecular flexibility index (Phi) is 6.18. The second-order valence-corrected chi connectivity index (χ2v) is 6.47. The van der Waals surface area contributed by atoms with Crippen LogP contribution in [0.25, 0.3) is 0 Å². The van der Waals surface area contributed by atoms with Crippen LogP contribution >= 0.6 is 0 Å². The van der Waals surface area contributed by atoms with E-state index in [-0.39, 0.29) is 25.2 Å². The summed E-state index contributed by atoms with van der Waals surface area (Å²) in [6.45, 7) is 1.98. The van der Waals surface area contributed by atoms with Crippen LogP contribution in [0.15, 0.2) is 24.3 Å². The zero-order chi connectivity index (χ0) is 15.9. The van der Waals surface area contributed by atoms with Crippen LogP contribution in [0, 0.1) is 11.3 Å². The van der Waals surface area contributed by atoms with Gasteiger partial charge in [-0.25, -0.2) is 8.42 Å². The molecule has 7 heteroatoms. The molecule has 1 aromatic rings. The van der Waals surface area contributed by atoms with Gasteiger partial charge in [0.1, 0.15) is 0 Å². The number of hydrogen-bond acceptors (Lipinski definition) is 5. The lowest BCUT2D eigenvalue weighted by Gasteiger charge is -2.19. The molecular weight excluding hydrogens is 292 g/mol. The fourth-order valence-corrected chi connectivity index (χ4v) is 2.92. The first-order valence-corrected chi connectivity index (χ1v) is 8.14. The molecule has 0 spiro atoms. The number of benzene rings is 1. The van der Waals surface area contributed by atoms with Crippen LogP contribution in [-0.2, 0) is 19.6 Å². The Balaban J connectivity index is 2.69. The number of esters is 1. The third-order valence-electron chi connectivity index (χ3n) is 2.84. The van der Waals surface area contributed by atoms with Crippen LogP contribution in [0.3, 0.4) is 0 Å². The van der Waals surface area contributed by atoms with E-state index < -0.39 is 16.0 Å². The summed E-state index contributed by atoms with van der Waals surface area (Å²) in [6, 6.07) is 8.31. The van der Waals surface area contributed by atoms with Crippen molar-refractivity contribution in [3.8, 4) is 6.07 Å². The number of nitrogens with zero attached hydrogens (tertiary/aromatic N) is 2. The molecule has 0 atom stereocenters. The molecule has 6 nitrogen and oxygen atoms in total. The van der Waals surface area contributed by atoms with Crippen molar-refractivity contribution >= 4 is 21.7 Å². The topological polar surface area (TPSA) is 87.5 Å². The van der Waals surface area contributed by atoms with Crippen molar-refractivity contribution in [2.75, 3.05) is 23.7 Å². The normalized spacial score (nSPS) is 10.7. The second-order valence-electron chi connectivity index (χ2n) is 4.35. The van der Waals surface area contributed by atoms with E-state index in [9.17, 15) is 13.2 Å². The molecule has 0 saturated heterocycles. The zero-order valence-corrected chi connectivity index (χ0v) is 12.9. The number of sulfonamides is 1. The quantitative estimate of drug-likeness (QED) is 0.715. The molecule has 0 saturated carbocycles. The SMILES string of the molecule is CCOC(=O)CCCS(=O)(=O)N(C)c1cccc(C#N)c1. The third kappa shape index (κ3) is 5.08. The molecule has 0 radical (unpaired) electrons. The van der Waals surface area contributed by atoms with Gasteiger partial charge in [-0.15, -0.1) is 0 Å². The minimum atomic E-state index is -3.53. The van der Waals surface area contributed by atoms with Gasteiger partial charge in [0.2, 0.25) is 10.0 Å². The van der Waals surface area contributed by atoms with E-state index in [1.807, 2.05) is 6.07 Å². The molecule has 0 fully saturated rings. The second kappa shape index (κ2) is 7.64. The molecule has 0 N–H and O–H groups in total.